The zero-order valence-corrected chi connectivity index (χ0v) is 13.9. The fraction of sp³-hybridized carbons (Fsp3) is 0.278. The Morgan fingerprint density at radius 2 is 2.17 bits per heavy atom. The number of nitrogens with one attached hydrogen (secondary N) is 1. The number of hydrogen-bond acceptors (Lipinski definition) is 5. The normalized spacial score (nSPS) is 10.7. The fourth-order valence-electron chi connectivity index (χ4n) is 2.89. The van der Waals surface area contributed by atoms with Crippen molar-refractivity contribution < 1.29 is 0 Å². The molecule has 24 heavy (non-hydrogen) atoms. The van der Waals surface area contributed by atoms with Gasteiger partial charge in [0.15, 0.2) is 5.82 Å². The average Bonchev–Trinajstić information content (AvgIpc) is 2.94. The number of benzene rings is 1. The monoisotopic (exact) mass is 320 g/mol. The van der Waals surface area contributed by atoms with Crippen LogP contribution < -0.4 is 10.6 Å². The molecule has 0 radical (unpaired) electrons. The molecule has 0 aliphatic rings. The second-order valence-corrected chi connectivity index (χ2v) is 5.95. The first kappa shape index (κ1) is 15.8. The lowest BCUT2D eigenvalue weighted by atomic mass is 10.1. The van der Waals surface area contributed by atoms with E-state index < -0.39 is 0 Å². The molecule has 0 saturated carbocycles. The number of aromatic nitrogens is 3. The maximum absolute atomic E-state index is 9.11. The highest BCUT2D eigenvalue weighted by Crippen LogP contribution is 2.25. The first-order valence-electron chi connectivity index (χ1n) is 7.89. The quantitative estimate of drug-likeness (QED) is 0.754. The van der Waals surface area contributed by atoms with Crippen molar-refractivity contribution in [3.05, 3.63) is 47.3 Å². The van der Waals surface area contributed by atoms with Crippen molar-refractivity contribution in [1.29, 1.82) is 5.26 Å². The number of anilines is 2. The molecule has 122 valence electrons. The van der Waals surface area contributed by atoms with Gasteiger partial charge in [-0.2, -0.15) is 10.4 Å². The lowest BCUT2D eigenvalue weighted by Crippen LogP contribution is -2.19. The third kappa shape index (κ3) is 3.01. The van der Waals surface area contributed by atoms with E-state index in [-0.39, 0.29) is 5.82 Å². The topological polar surface area (TPSA) is 94.6 Å². The molecule has 0 fully saturated rings. The minimum atomic E-state index is 0.274. The van der Waals surface area contributed by atoms with Crippen LogP contribution >= 0.6 is 0 Å². The van der Waals surface area contributed by atoms with Crippen LogP contribution in [0.2, 0.25) is 0 Å². The Morgan fingerprint density at radius 3 is 2.96 bits per heavy atom. The lowest BCUT2D eigenvalue weighted by molar-refractivity contribution is 0.767. The maximum atomic E-state index is 9.11. The molecule has 0 unspecified atom stereocenters. The number of nitrogens with two attached hydrogens (primary N) is 1. The van der Waals surface area contributed by atoms with Crippen molar-refractivity contribution in [2.24, 2.45) is 0 Å². The summed E-state index contributed by atoms with van der Waals surface area (Å²) in [5, 5.41) is 17.0. The van der Waals surface area contributed by atoms with Gasteiger partial charge in [-0.15, -0.1) is 0 Å². The Labute approximate surface area is 140 Å². The SMILES string of the molecule is Cc1ccc2nccc(N(C)CCCc3[nH]nc(N)c3C#N)c2c1. The van der Waals surface area contributed by atoms with Gasteiger partial charge in [-0.3, -0.25) is 10.1 Å². The predicted octanol–water partition coefficient (Wildman–Crippen LogP) is 2.79. The molecule has 6 heteroatoms. The van der Waals surface area contributed by atoms with E-state index in [9.17, 15) is 0 Å². The molecule has 0 saturated heterocycles. The number of fused-ring (bicyclic) bond motifs is 1. The third-order valence-electron chi connectivity index (χ3n) is 4.19. The summed E-state index contributed by atoms with van der Waals surface area (Å²) in [6.07, 6.45) is 3.47. The zero-order chi connectivity index (χ0) is 17.1. The van der Waals surface area contributed by atoms with Crippen LogP contribution in [0, 0.1) is 18.3 Å². The number of nitrogen functional groups attached to an aromatic ring is 1. The average molecular weight is 320 g/mol. The summed E-state index contributed by atoms with van der Waals surface area (Å²) in [6, 6.07) is 10.4. The standard InChI is InChI=1S/C18H20N6/c1-12-5-6-15-13(10-12)17(7-8-21-15)24(2)9-3-4-16-14(11-19)18(20)23-22-16/h5-8,10H,3-4,9H2,1-2H3,(H3,20,22,23). The van der Waals surface area contributed by atoms with Crippen molar-refractivity contribution in [2.45, 2.75) is 19.8 Å². The van der Waals surface area contributed by atoms with Crippen molar-refractivity contribution >= 4 is 22.4 Å². The molecule has 3 N–H and O–H groups in total. The second kappa shape index (κ2) is 6.59. The van der Waals surface area contributed by atoms with Crippen LogP contribution in [-0.2, 0) is 6.42 Å². The predicted molar refractivity (Wildman–Crippen MR) is 95.8 cm³/mol. The van der Waals surface area contributed by atoms with E-state index in [1.165, 1.54) is 5.56 Å². The molecule has 3 rings (SSSR count). The van der Waals surface area contributed by atoms with Crippen LogP contribution in [0.3, 0.4) is 0 Å². The molecule has 0 bridgehead atoms. The third-order valence-corrected chi connectivity index (χ3v) is 4.19. The molecule has 0 aliphatic heterocycles. The van der Waals surface area contributed by atoms with Gasteiger partial charge in [0.05, 0.1) is 11.2 Å². The Kier molecular flexibility index (Phi) is 4.34. The fourth-order valence-corrected chi connectivity index (χ4v) is 2.89. The van der Waals surface area contributed by atoms with E-state index in [2.05, 4.69) is 58.3 Å². The van der Waals surface area contributed by atoms with Crippen molar-refractivity contribution in [3.63, 3.8) is 0 Å². The number of rotatable bonds is 5. The first-order valence-corrected chi connectivity index (χ1v) is 7.89. The molecule has 1 aromatic carbocycles. The highest BCUT2D eigenvalue weighted by Gasteiger charge is 2.11. The number of nitrogens with zero attached hydrogens (tertiary/aromatic N) is 4. The molecular formula is C18H20N6. The van der Waals surface area contributed by atoms with Crippen LogP contribution in [0.5, 0.6) is 0 Å². The smallest absolute Gasteiger partial charge is 0.163 e. The molecule has 6 nitrogen and oxygen atoms in total. The van der Waals surface area contributed by atoms with E-state index in [0.29, 0.717) is 5.56 Å². The minimum absolute atomic E-state index is 0.274. The summed E-state index contributed by atoms with van der Waals surface area (Å²) in [4.78, 5) is 6.65. The Bertz CT molecular complexity index is 906. The largest absolute Gasteiger partial charge is 0.381 e. The Balaban J connectivity index is 1.73. The minimum Gasteiger partial charge on any atom is -0.381 e. The number of nitriles is 1. The van der Waals surface area contributed by atoms with Crippen molar-refractivity contribution in [1.82, 2.24) is 15.2 Å². The van der Waals surface area contributed by atoms with Gasteiger partial charge in [-0.05, 0) is 38.0 Å². The number of aryl methyl sites for hydroxylation is 2. The van der Waals surface area contributed by atoms with Gasteiger partial charge in [-0.1, -0.05) is 11.6 Å². The van der Waals surface area contributed by atoms with E-state index in [0.717, 1.165) is 41.7 Å². The highest BCUT2D eigenvalue weighted by molar-refractivity contribution is 5.91. The van der Waals surface area contributed by atoms with Gasteiger partial charge in [0, 0.05) is 30.9 Å². The molecule has 0 spiro atoms. The summed E-state index contributed by atoms with van der Waals surface area (Å²) >= 11 is 0. The van der Waals surface area contributed by atoms with Crippen LogP contribution in [0.15, 0.2) is 30.5 Å². The first-order chi connectivity index (χ1) is 11.6. The summed E-state index contributed by atoms with van der Waals surface area (Å²) in [6.45, 7) is 2.94. The van der Waals surface area contributed by atoms with Gasteiger partial charge in [0.25, 0.3) is 0 Å². The molecule has 2 aromatic heterocycles. The van der Waals surface area contributed by atoms with Crippen LogP contribution in [0.25, 0.3) is 10.9 Å². The maximum Gasteiger partial charge on any atom is 0.163 e. The van der Waals surface area contributed by atoms with Crippen LogP contribution in [0.4, 0.5) is 11.5 Å². The van der Waals surface area contributed by atoms with Crippen LogP contribution in [-0.4, -0.2) is 28.8 Å². The summed E-state index contributed by atoms with van der Waals surface area (Å²) in [5.41, 5.74) is 10.3. The number of pyridine rings is 1. The molecular weight excluding hydrogens is 300 g/mol. The van der Waals surface area contributed by atoms with Gasteiger partial charge < -0.3 is 10.6 Å². The lowest BCUT2D eigenvalue weighted by Gasteiger charge is -2.21. The number of aromatic amines is 1. The summed E-state index contributed by atoms with van der Waals surface area (Å²) < 4.78 is 0. The van der Waals surface area contributed by atoms with Crippen molar-refractivity contribution in [3.8, 4) is 6.07 Å². The van der Waals surface area contributed by atoms with Gasteiger partial charge >= 0.3 is 0 Å². The highest BCUT2D eigenvalue weighted by atomic mass is 15.2. The van der Waals surface area contributed by atoms with Crippen molar-refractivity contribution in [2.75, 3.05) is 24.2 Å². The molecule has 0 aliphatic carbocycles. The Morgan fingerprint density at radius 1 is 1.33 bits per heavy atom. The Hall–Kier alpha value is -3.07. The molecule has 2 heterocycles. The number of H-pyrrole nitrogens is 1. The summed E-state index contributed by atoms with van der Waals surface area (Å²) in [7, 11) is 2.07. The van der Waals surface area contributed by atoms with E-state index in [4.69, 9.17) is 11.0 Å². The molecule has 0 atom stereocenters. The summed E-state index contributed by atoms with van der Waals surface area (Å²) in [5.74, 6) is 0.274. The van der Waals surface area contributed by atoms with Gasteiger partial charge in [-0.25, -0.2) is 0 Å². The van der Waals surface area contributed by atoms with E-state index in [1.807, 2.05) is 12.3 Å². The second-order valence-electron chi connectivity index (χ2n) is 5.95. The van der Waals surface area contributed by atoms with Gasteiger partial charge in [0.1, 0.15) is 11.6 Å². The van der Waals surface area contributed by atoms with E-state index in [1.54, 1.807) is 0 Å². The number of hydrogen-bond donors (Lipinski definition) is 2. The van der Waals surface area contributed by atoms with E-state index >= 15 is 0 Å². The van der Waals surface area contributed by atoms with Crippen LogP contribution in [0.1, 0.15) is 23.2 Å². The zero-order valence-electron chi connectivity index (χ0n) is 13.9. The molecule has 0 amide bonds. The molecule has 3 aromatic rings. The van der Waals surface area contributed by atoms with Gasteiger partial charge in [0.2, 0.25) is 0 Å².